The van der Waals surface area contributed by atoms with Gasteiger partial charge in [0.15, 0.2) is 0 Å². The van der Waals surface area contributed by atoms with Gasteiger partial charge in [-0.05, 0) is 46.3 Å². The molecule has 1 saturated heterocycles. The van der Waals surface area contributed by atoms with Crippen LogP contribution in [0.2, 0.25) is 16.6 Å². The normalized spacial score (nSPS) is 16.6. The summed E-state index contributed by atoms with van der Waals surface area (Å²) in [6.45, 7) is 13.8. The molecule has 1 heterocycles. The summed E-state index contributed by atoms with van der Waals surface area (Å²) >= 11 is 0. The first-order valence-corrected chi connectivity index (χ1v) is 14.1. The number of amides is 2. The van der Waals surface area contributed by atoms with Gasteiger partial charge in [-0.3, -0.25) is 4.79 Å². The molecule has 178 valence electrons. The van der Waals surface area contributed by atoms with Gasteiger partial charge in [0.05, 0.1) is 12.5 Å². The Kier molecular flexibility index (Phi) is 8.00. The third-order valence-electron chi connectivity index (χ3n) is 6.82. The maximum Gasteiger partial charge on any atom is 0.416 e. The molecule has 5 nitrogen and oxygen atoms in total. The first-order valence-electron chi connectivity index (χ1n) is 12.0. The second kappa shape index (κ2) is 10.6. The Morgan fingerprint density at radius 3 is 2.06 bits per heavy atom. The number of rotatable bonds is 9. The minimum absolute atomic E-state index is 0.155. The fourth-order valence-corrected chi connectivity index (χ4v) is 10.5. The van der Waals surface area contributed by atoms with Crippen LogP contribution in [0.4, 0.5) is 4.79 Å². The summed E-state index contributed by atoms with van der Waals surface area (Å²) in [5.41, 5.74) is 3.40. The van der Waals surface area contributed by atoms with Gasteiger partial charge in [-0.15, -0.1) is 0 Å². The van der Waals surface area contributed by atoms with Crippen LogP contribution in [-0.2, 0) is 22.4 Å². The summed E-state index contributed by atoms with van der Waals surface area (Å²) in [5.74, 6) is 0.624. The molecule has 1 aliphatic rings. The lowest BCUT2D eigenvalue weighted by molar-refractivity contribution is -0.128. The Balaban J connectivity index is 1.70. The van der Waals surface area contributed by atoms with Crippen LogP contribution < -0.4 is 4.43 Å². The zero-order chi connectivity index (χ0) is 24.2. The highest BCUT2D eigenvalue weighted by Crippen LogP contribution is 2.42. The number of carbonyl (C=O) groups is 2. The van der Waals surface area contributed by atoms with Gasteiger partial charge in [0, 0.05) is 0 Å². The first kappa shape index (κ1) is 25.0. The maximum absolute atomic E-state index is 13.0. The largest absolute Gasteiger partial charge is 0.543 e. The van der Waals surface area contributed by atoms with Crippen molar-refractivity contribution in [2.45, 2.75) is 77.0 Å². The molecule has 33 heavy (non-hydrogen) atoms. The predicted molar refractivity (Wildman–Crippen MR) is 134 cm³/mol. The highest BCUT2D eigenvalue weighted by molar-refractivity contribution is 6.78. The number of hydrogen-bond donors (Lipinski definition) is 0. The Bertz CT molecular complexity index is 919. The lowest BCUT2D eigenvalue weighted by atomic mass is 10.0. The smallest absolute Gasteiger partial charge is 0.416 e. The third kappa shape index (κ3) is 5.49. The molecule has 6 heteroatoms. The number of hydrogen-bond acceptors (Lipinski definition) is 4. The van der Waals surface area contributed by atoms with Gasteiger partial charge < -0.3 is 9.16 Å². The van der Waals surface area contributed by atoms with Gasteiger partial charge in [-0.2, -0.15) is 0 Å². The highest BCUT2D eigenvalue weighted by atomic mass is 28.4. The Morgan fingerprint density at radius 1 is 0.939 bits per heavy atom. The zero-order valence-electron chi connectivity index (χ0n) is 20.7. The molecule has 0 radical (unpaired) electrons. The van der Waals surface area contributed by atoms with E-state index < -0.39 is 14.4 Å². The van der Waals surface area contributed by atoms with Crippen LogP contribution in [0.25, 0.3) is 0 Å². The van der Waals surface area contributed by atoms with Crippen LogP contribution in [0.3, 0.4) is 0 Å². The van der Waals surface area contributed by atoms with Crippen molar-refractivity contribution in [3.63, 3.8) is 0 Å². The van der Waals surface area contributed by atoms with Gasteiger partial charge in [-0.1, -0.05) is 84.0 Å². The Hall–Kier alpha value is -2.60. The molecule has 2 aromatic rings. The molecule has 0 bridgehead atoms. The molecule has 0 aromatic heterocycles. The van der Waals surface area contributed by atoms with E-state index in [4.69, 9.17) is 9.16 Å². The van der Waals surface area contributed by atoms with Crippen LogP contribution in [0.15, 0.2) is 54.6 Å². The van der Waals surface area contributed by atoms with Gasteiger partial charge in [0.2, 0.25) is 5.91 Å². The van der Waals surface area contributed by atoms with Crippen molar-refractivity contribution < 1.29 is 18.8 Å². The van der Waals surface area contributed by atoms with Crippen molar-refractivity contribution in [3.05, 3.63) is 65.7 Å². The number of nitrogens with zero attached hydrogens (tertiary/aromatic N) is 1. The van der Waals surface area contributed by atoms with Gasteiger partial charge in [0.25, 0.3) is 8.32 Å². The zero-order valence-corrected chi connectivity index (χ0v) is 21.7. The summed E-state index contributed by atoms with van der Waals surface area (Å²) < 4.78 is 11.9. The molecule has 0 unspecified atom stereocenters. The van der Waals surface area contributed by atoms with E-state index in [1.165, 1.54) is 4.90 Å². The molecular weight excluding hydrogens is 430 g/mol. The molecule has 1 fully saturated rings. The standard InChI is InChI=1S/C27H37NO4Si/c1-19(2)33(20(3)4,21(5)6)32-25-14-12-23(13-15-25)17-26(29)28-24(18-31-27(28)30)16-22-10-8-7-9-11-22/h7-15,19-21,24H,16-18H2,1-6H3/t24-/m1/s1. The Labute approximate surface area is 199 Å². The van der Waals surface area contributed by atoms with Gasteiger partial charge in [-0.25, -0.2) is 9.69 Å². The van der Waals surface area contributed by atoms with Crippen LogP contribution in [0, 0.1) is 0 Å². The van der Waals surface area contributed by atoms with E-state index in [9.17, 15) is 9.59 Å². The fourth-order valence-electron chi connectivity index (χ4n) is 5.30. The number of benzene rings is 2. The molecule has 0 spiro atoms. The van der Waals surface area contributed by atoms with Crippen molar-refractivity contribution in [1.29, 1.82) is 0 Å². The molecule has 1 atom stereocenters. The lowest BCUT2D eigenvalue weighted by Gasteiger charge is -2.42. The molecule has 2 amide bonds. The molecular formula is C27H37NO4Si. The Morgan fingerprint density at radius 2 is 1.52 bits per heavy atom. The molecule has 0 aliphatic carbocycles. The number of cyclic esters (lactones) is 1. The van der Waals surface area contributed by atoms with Crippen molar-refractivity contribution in [2.75, 3.05) is 6.61 Å². The summed E-state index contributed by atoms with van der Waals surface area (Å²) in [7, 11) is -2.03. The van der Waals surface area contributed by atoms with Crippen molar-refractivity contribution in [1.82, 2.24) is 4.90 Å². The van der Waals surface area contributed by atoms with Crippen LogP contribution in [0.1, 0.15) is 52.7 Å². The van der Waals surface area contributed by atoms with E-state index in [1.54, 1.807) is 0 Å². The number of carbonyl (C=O) groups excluding carboxylic acids is 2. The molecule has 1 aliphatic heterocycles. The summed E-state index contributed by atoms with van der Waals surface area (Å²) in [6.07, 6.45) is 0.196. The van der Waals surface area contributed by atoms with Crippen molar-refractivity contribution >= 4 is 20.3 Å². The van der Waals surface area contributed by atoms with Crippen molar-refractivity contribution in [3.8, 4) is 5.75 Å². The molecule has 0 saturated carbocycles. The van der Waals surface area contributed by atoms with E-state index in [0.717, 1.165) is 16.9 Å². The number of imide groups is 1. The van der Waals surface area contributed by atoms with Gasteiger partial charge in [0.1, 0.15) is 12.4 Å². The topological polar surface area (TPSA) is 55.8 Å². The highest BCUT2D eigenvalue weighted by Gasteiger charge is 2.47. The molecule has 3 rings (SSSR count). The lowest BCUT2D eigenvalue weighted by Crippen LogP contribution is -2.50. The summed E-state index contributed by atoms with van der Waals surface area (Å²) in [6, 6.07) is 17.4. The summed E-state index contributed by atoms with van der Waals surface area (Å²) in [5, 5.41) is 0. The predicted octanol–water partition coefficient (Wildman–Crippen LogP) is 6.37. The average Bonchev–Trinajstić information content (AvgIpc) is 3.13. The quantitative estimate of drug-likeness (QED) is 0.402. The van der Waals surface area contributed by atoms with E-state index in [-0.39, 0.29) is 25.0 Å². The SMILES string of the molecule is CC(C)[Si](Oc1ccc(CC(=O)N2C(=O)OC[C@H]2Cc2ccccc2)cc1)(C(C)C)C(C)C. The van der Waals surface area contributed by atoms with Gasteiger partial charge >= 0.3 is 6.09 Å². The number of ether oxygens (including phenoxy) is 1. The van der Waals surface area contributed by atoms with Crippen LogP contribution in [-0.4, -0.2) is 37.9 Å². The third-order valence-corrected chi connectivity index (χ3v) is 12.8. The van der Waals surface area contributed by atoms with E-state index >= 15 is 0 Å². The maximum atomic E-state index is 13.0. The molecule has 0 N–H and O–H groups in total. The summed E-state index contributed by atoms with van der Waals surface area (Å²) in [4.78, 5) is 26.6. The second-order valence-electron chi connectivity index (χ2n) is 9.92. The van der Waals surface area contributed by atoms with E-state index in [0.29, 0.717) is 23.0 Å². The molecule has 2 aromatic carbocycles. The monoisotopic (exact) mass is 467 g/mol. The minimum Gasteiger partial charge on any atom is -0.543 e. The van der Waals surface area contributed by atoms with E-state index in [1.807, 2.05) is 54.6 Å². The fraction of sp³-hybridized carbons (Fsp3) is 0.481. The minimum atomic E-state index is -2.03. The second-order valence-corrected chi connectivity index (χ2v) is 15.3. The first-order chi connectivity index (χ1) is 15.6. The van der Waals surface area contributed by atoms with Crippen LogP contribution >= 0.6 is 0 Å². The van der Waals surface area contributed by atoms with Crippen LogP contribution in [0.5, 0.6) is 5.75 Å². The average molecular weight is 468 g/mol. The van der Waals surface area contributed by atoms with E-state index in [2.05, 4.69) is 41.5 Å². The van der Waals surface area contributed by atoms with Crippen molar-refractivity contribution in [2.24, 2.45) is 0 Å².